The third kappa shape index (κ3) is 8.31. The molecule has 1 atom stereocenters. The van der Waals surface area contributed by atoms with E-state index in [1.807, 2.05) is 0 Å². The van der Waals surface area contributed by atoms with Gasteiger partial charge in [0.2, 0.25) is 0 Å². The third-order valence-electron chi connectivity index (χ3n) is 2.00. The second kappa shape index (κ2) is 11.4. The molecule has 0 bridgehead atoms. The molecule has 128 valence electrons. The van der Waals surface area contributed by atoms with E-state index in [0.29, 0.717) is 0 Å². The largest absolute Gasteiger partial charge is 0.475 e. The Balaban J connectivity index is 4.94. The number of hydrogen-bond acceptors (Lipinski definition) is 7. The highest BCUT2D eigenvalue weighted by Gasteiger charge is 2.40. The van der Waals surface area contributed by atoms with Crippen molar-refractivity contribution in [2.45, 2.75) is 26.6 Å². The van der Waals surface area contributed by atoms with Gasteiger partial charge in [-0.15, -0.1) is 23.2 Å². The zero-order valence-corrected chi connectivity index (χ0v) is 15.6. The molecule has 0 aliphatic rings. The summed E-state index contributed by atoms with van der Waals surface area (Å²) in [5.74, 6) is -0.935. The Kier molecular flexibility index (Phi) is 11.8. The zero-order chi connectivity index (χ0) is 16.4. The van der Waals surface area contributed by atoms with Crippen LogP contribution in [-0.4, -0.2) is 44.0 Å². The molecule has 0 aromatic carbocycles. The lowest BCUT2D eigenvalue weighted by atomic mass is 10.9. The number of rotatable bonds is 13. The summed E-state index contributed by atoms with van der Waals surface area (Å²) in [6, 6.07) is 0. The second-order valence-corrected chi connectivity index (χ2v) is 8.27. The van der Waals surface area contributed by atoms with Crippen LogP contribution in [0.3, 0.4) is 0 Å². The predicted octanol–water partition coefficient (Wildman–Crippen LogP) is 4.23. The molecule has 0 saturated carbocycles. The van der Waals surface area contributed by atoms with Crippen molar-refractivity contribution in [3.8, 4) is 0 Å². The molecule has 0 aromatic rings. The van der Waals surface area contributed by atoms with Gasteiger partial charge in [0, 0.05) is 11.8 Å². The molecule has 0 aliphatic carbocycles. The van der Waals surface area contributed by atoms with Crippen molar-refractivity contribution in [1.29, 1.82) is 0 Å². The Morgan fingerprint density at radius 2 is 1.33 bits per heavy atom. The lowest BCUT2D eigenvalue weighted by molar-refractivity contribution is 0.0959. The van der Waals surface area contributed by atoms with Crippen LogP contribution in [-0.2, 0) is 31.7 Å². The van der Waals surface area contributed by atoms with Gasteiger partial charge in [0.25, 0.3) is 0 Å². The fourth-order valence-electron chi connectivity index (χ4n) is 1.24. The topological polar surface area (TPSA) is 80.3 Å². The van der Waals surface area contributed by atoms with Crippen molar-refractivity contribution < 1.29 is 31.7 Å². The van der Waals surface area contributed by atoms with E-state index in [4.69, 9.17) is 45.8 Å². The molecule has 1 unspecified atom stereocenters. The van der Waals surface area contributed by atoms with E-state index >= 15 is 0 Å². The predicted molar refractivity (Wildman–Crippen MR) is 82.4 cm³/mol. The summed E-state index contributed by atoms with van der Waals surface area (Å²) in [6.07, 6.45) is 0. The Hall–Kier alpha value is 0.840. The van der Waals surface area contributed by atoms with E-state index < -0.39 is 21.3 Å². The molecule has 0 rings (SSSR count). The highest BCUT2D eigenvalue weighted by atomic mass is 35.5. The second-order valence-electron chi connectivity index (χ2n) is 3.57. The van der Waals surface area contributed by atoms with Crippen LogP contribution in [0, 0.1) is 0 Å². The molecule has 0 fully saturated rings. The average molecular weight is 387 g/mol. The zero-order valence-electron chi connectivity index (χ0n) is 12.3. The SMILES string of the molecule is CCOP(=O)(OCC)C(C)OP(=O)(OCCCl)OCCCl. The van der Waals surface area contributed by atoms with Gasteiger partial charge in [-0.1, -0.05) is 0 Å². The summed E-state index contributed by atoms with van der Waals surface area (Å²) in [5.41, 5.74) is 0. The van der Waals surface area contributed by atoms with E-state index in [2.05, 4.69) is 0 Å². The average Bonchev–Trinajstić information content (AvgIpc) is 2.43. The van der Waals surface area contributed by atoms with E-state index in [1.54, 1.807) is 13.8 Å². The number of hydrogen-bond donors (Lipinski definition) is 0. The van der Waals surface area contributed by atoms with Crippen LogP contribution in [0.4, 0.5) is 0 Å². The smallest absolute Gasteiger partial charge is 0.307 e. The maximum Gasteiger partial charge on any atom is 0.475 e. The molecule has 0 saturated heterocycles. The van der Waals surface area contributed by atoms with E-state index in [9.17, 15) is 9.13 Å². The molecule has 0 aliphatic heterocycles. The molecule has 0 heterocycles. The van der Waals surface area contributed by atoms with Gasteiger partial charge in [0.1, 0.15) is 0 Å². The number of alkyl halides is 2. The summed E-state index contributed by atoms with van der Waals surface area (Å²) < 4.78 is 50.3. The van der Waals surface area contributed by atoms with Crippen LogP contribution in [0.2, 0.25) is 0 Å². The Morgan fingerprint density at radius 1 is 0.905 bits per heavy atom. The fraction of sp³-hybridized carbons (Fsp3) is 1.00. The summed E-state index contributed by atoms with van der Waals surface area (Å²) >= 11 is 11.0. The Morgan fingerprint density at radius 3 is 1.67 bits per heavy atom. The van der Waals surface area contributed by atoms with Crippen molar-refractivity contribution >= 4 is 38.6 Å². The van der Waals surface area contributed by atoms with Crippen LogP contribution < -0.4 is 0 Å². The summed E-state index contributed by atoms with van der Waals surface area (Å²) in [7, 11) is -7.54. The molecule has 7 nitrogen and oxygen atoms in total. The van der Waals surface area contributed by atoms with Gasteiger partial charge in [0.15, 0.2) is 5.85 Å². The van der Waals surface area contributed by atoms with Gasteiger partial charge < -0.3 is 9.05 Å². The first-order chi connectivity index (χ1) is 9.87. The van der Waals surface area contributed by atoms with Crippen LogP contribution in [0.25, 0.3) is 0 Å². The highest BCUT2D eigenvalue weighted by Crippen LogP contribution is 2.60. The lowest BCUT2D eigenvalue weighted by Gasteiger charge is -2.26. The van der Waals surface area contributed by atoms with Crippen molar-refractivity contribution in [2.75, 3.05) is 38.2 Å². The van der Waals surface area contributed by atoms with Crippen molar-refractivity contribution in [2.24, 2.45) is 0 Å². The van der Waals surface area contributed by atoms with Crippen LogP contribution in [0.15, 0.2) is 0 Å². The van der Waals surface area contributed by atoms with E-state index in [0.717, 1.165) is 0 Å². The van der Waals surface area contributed by atoms with Crippen molar-refractivity contribution in [1.82, 2.24) is 0 Å². The van der Waals surface area contributed by atoms with Crippen molar-refractivity contribution in [3.63, 3.8) is 0 Å². The Bertz CT molecular complexity index is 347. The molecule has 0 aromatic heterocycles. The summed E-state index contributed by atoms with van der Waals surface area (Å²) in [5, 5.41) is 0. The summed E-state index contributed by atoms with van der Waals surface area (Å²) in [4.78, 5) is 0. The van der Waals surface area contributed by atoms with Gasteiger partial charge in [-0.3, -0.25) is 18.1 Å². The van der Waals surface area contributed by atoms with Gasteiger partial charge in [0.05, 0.1) is 26.4 Å². The number of phosphoric acid groups is 1. The van der Waals surface area contributed by atoms with Crippen LogP contribution >= 0.6 is 38.6 Å². The van der Waals surface area contributed by atoms with Gasteiger partial charge in [-0.05, 0) is 20.8 Å². The number of halogens is 2. The van der Waals surface area contributed by atoms with Crippen LogP contribution in [0.5, 0.6) is 0 Å². The first-order valence-electron chi connectivity index (χ1n) is 6.45. The molecule has 11 heteroatoms. The maximum absolute atomic E-state index is 12.5. The molecular formula is C10H22Cl2O7P2. The fourth-order valence-corrected chi connectivity index (χ4v) is 4.83. The molecule has 21 heavy (non-hydrogen) atoms. The van der Waals surface area contributed by atoms with Gasteiger partial charge >= 0.3 is 15.4 Å². The molecule has 0 radical (unpaired) electrons. The maximum atomic E-state index is 12.5. The van der Waals surface area contributed by atoms with E-state index in [1.165, 1.54) is 6.92 Å². The summed E-state index contributed by atoms with van der Waals surface area (Å²) in [6.45, 7) is 4.92. The lowest BCUT2D eigenvalue weighted by Crippen LogP contribution is -2.15. The first kappa shape index (κ1) is 21.8. The minimum absolute atomic E-state index is 0.0542. The standard InChI is InChI=1S/C10H22Cl2O7P2/c1-4-15-20(13,16-5-2)10(3)19-21(14,17-8-6-11)18-9-7-12/h10H,4-9H2,1-3H3. The van der Waals surface area contributed by atoms with Gasteiger partial charge in [-0.25, -0.2) is 4.57 Å². The Labute approximate surface area is 135 Å². The molecule has 0 spiro atoms. The minimum atomic E-state index is -3.95. The highest BCUT2D eigenvalue weighted by molar-refractivity contribution is 7.55. The van der Waals surface area contributed by atoms with Crippen molar-refractivity contribution in [3.05, 3.63) is 0 Å². The van der Waals surface area contributed by atoms with Gasteiger partial charge in [-0.2, -0.15) is 0 Å². The monoisotopic (exact) mass is 386 g/mol. The van der Waals surface area contributed by atoms with E-state index in [-0.39, 0.29) is 38.2 Å². The van der Waals surface area contributed by atoms with Crippen LogP contribution in [0.1, 0.15) is 20.8 Å². The third-order valence-corrected chi connectivity index (χ3v) is 6.28. The molecule has 0 amide bonds. The quantitative estimate of drug-likeness (QED) is 0.346. The molecular weight excluding hydrogens is 365 g/mol. The minimum Gasteiger partial charge on any atom is -0.307 e. The number of phosphoric ester groups is 1. The first-order valence-corrected chi connectivity index (χ1v) is 10.6. The molecule has 0 N–H and O–H groups in total. The normalized spacial score (nSPS) is 14.3.